The molecule has 0 atom stereocenters. The summed E-state index contributed by atoms with van der Waals surface area (Å²) in [4.78, 5) is 24.6. The first-order valence-corrected chi connectivity index (χ1v) is 9.44. The normalized spacial score (nSPS) is 13.6. The second-order valence-corrected chi connectivity index (χ2v) is 7.03. The number of nitrogens with zero attached hydrogens (tertiary/aromatic N) is 3. The molecule has 1 amide bonds. The van der Waals surface area contributed by atoms with Crippen LogP contribution in [0.1, 0.15) is 28.9 Å². The van der Waals surface area contributed by atoms with Crippen molar-refractivity contribution >= 4 is 16.8 Å². The molecule has 1 fully saturated rings. The highest BCUT2D eigenvalue weighted by Gasteiger charge is 2.34. The van der Waals surface area contributed by atoms with E-state index in [2.05, 4.69) is 9.97 Å². The van der Waals surface area contributed by atoms with E-state index in [-0.39, 0.29) is 11.9 Å². The molecule has 1 saturated carbocycles. The Morgan fingerprint density at radius 1 is 1.07 bits per heavy atom. The Kier molecular flexibility index (Phi) is 4.13. The topological polar surface area (TPSA) is 59.2 Å². The summed E-state index contributed by atoms with van der Waals surface area (Å²) in [6.07, 6.45) is 5.45. The third-order valence-electron chi connectivity index (χ3n) is 5.03. The van der Waals surface area contributed by atoms with Crippen molar-refractivity contribution in [3.8, 4) is 11.5 Å². The lowest BCUT2D eigenvalue weighted by Crippen LogP contribution is -2.33. The third kappa shape index (κ3) is 3.16. The lowest BCUT2D eigenvalue weighted by Gasteiger charge is -2.23. The average Bonchev–Trinajstić information content (AvgIpc) is 3.44. The molecule has 0 radical (unpaired) electrons. The van der Waals surface area contributed by atoms with Gasteiger partial charge in [-0.2, -0.15) is 0 Å². The summed E-state index contributed by atoms with van der Waals surface area (Å²) in [6, 6.07) is 19.4. The van der Waals surface area contributed by atoms with Gasteiger partial charge < -0.3 is 9.32 Å². The Balaban J connectivity index is 1.59. The van der Waals surface area contributed by atoms with Gasteiger partial charge >= 0.3 is 0 Å². The van der Waals surface area contributed by atoms with Gasteiger partial charge in [0, 0.05) is 17.6 Å². The maximum atomic E-state index is 13.6. The number of furan rings is 1. The number of fused-ring (bicyclic) bond motifs is 1. The number of hydrogen-bond donors (Lipinski definition) is 0. The number of carbonyl (C=O) groups is 1. The van der Waals surface area contributed by atoms with Crippen molar-refractivity contribution in [1.82, 2.24) is 14.9 Å². The number of hydrogen-bond acceptors (Lipinski definition) is 4. The van der Waals surface area contributed by atoms with Crippen molar-refractivity contribution in [3.63, 3.8) is 0 Å². The fourth-order valence-corrected chi connectivity index (χ4v) is 3.48. The standard InChI is InChI=1S/C23H19N3O2/c27-23(26(17-10-11-17)15-16-6-3-4-12-24-16)19-14-21(22-9-5-13-28-22)25-20-8-2-1-7-18(19)20/h1-9,12-14,17H,10-11,15H2. The highest BCUT2D eigenvalue weighted by Crippen LogP contribution is 2.32. The molecular formula is C23H19N3O2. The Bertz CT molecular complexity index is 1120. The molecule has 5 rings (SSSR count). The monoisotopic (exact) mass is 369 g/mol. The van der Waals surface area contributed by atoms with Crippen molar-refractivity contribution in [2.45, 2.75) is 25.4 Å². The van der Waals surface area contributed by atoms with Gasteiger partial charge in [0.2, 0.25) is 0 Å². The van der Waals surface area contributed by atoms with Gasteiger partial charge in [0.1, 0.15) is 5.69 Å². The molecule has 0 unspecified atom stereocenters. The van der Waals surface area contributed by atoms with Crippen LogP contribution in [-0.4, -0.2) is 26.8 Å². The molecule has 0 aliphatic heterocycles. The summed E-state index contributed by atoms with van der Waals surface area (Å²) < 4.78 is 5.52. The predicted molar refractivity (Wildman–Crippen MR) is 107 cm³/mol. The van der Waals surface area contributed by atoms with Crippen molar-refractivity contribution in [2.24, 2.45) is 0 Å². The van der Waals surface area contributed by atoms with E-state index in [9.17, 15) is 4.79 Å². The number of rotatable bonds is 5. The van der Waals surface area contributed by atoms with E-state index in [1.54, 1.807) is 12.5 Å². The molecule has 1 aliphatic rings. The molecule has 1 aliphatic carbocycles. The minimum Gasteiger partial charge on any atom is -0.463 e. The summed E-state index contributed by atoms with van der Waals surface area (Å²) in [5.74, 6) is 0.669. The molecule has 4 aromatic rings. The fourth-order valence-electron chi connectivity index (χ4n) is 3.48. The van der Waals surface area contributed by atoms with E-state index in [0.717, 1.165) is 29.4 Å². The first-order valence-electron chi connectivity index (χ1n) is 9.44. The highest BCUT2D eigenvalue weighted by atomic mass is 16.3. The first-order chi connectivity index (χ1) is 13.8. The summed E-state index contributed by atoms with van der Waals surface area (Å²) >= 11 is 0. The summed E-state index contributed by atoms with van der Waals surface area (Å²) in [6.45, 7) is 0.511. The molecule has 138 valence electrons. The smallest absolute Gasteiger partial charge is 0.255 e. The quantitative estimate of drug-likeness (QED) is 0.512. The van der Waals surface area contributed by atoms with Crippen LogP contribution >= 0.6 is 0 Å². The van der Waals surface area contributed by atoms with E-state index < -0.39 is 0 Å². The molecule has 5 nitrogen and oxygen atoms in total. The number of carbonyl (C=O) groups excluding carboxylic acids is 1. The molecule has 0 bridgehead atoms. The van der Waals surface area contributed by atoms with Gasteiger partial charge in [0.05, 0.1) is 29.6 Å². The first kappa shape index (κ1) is 16.7. The second kappa shape index (κ2) is 6.93. The summed E-state index contributed by atoms with van der Waals surface area (Å²) in [5, 5.41) is 0.856. The Morgan fingerprint density at radius 2 is 1.93 bits per heavy atom. The van der Waals surface area contributed by atoms with Gasteiger partial charge in [-0.1, -0.05) is 24.3 Å². The van der Waals surface area contributed by atoms with Crippen LogP contribution < -0.4 is 0 Å². The highest BCUT2D eigenvalue weighted by molar-refractivity contribution is 6.07. The van der Waals surface area contributed by atoms with Crippen molar-refractivity contribution in [2.75, 3.05) is 0 Å². The molecule has 3 aromatic heterocycles. The summed E-state index contributed by atoms with van der Waals surface area (Å²) in [7, 11) is 0. The maximum absolute atomic E-state index is 13.6. The van der Waals surface area contributed by atoms with Gasteiger partial charge in [0.25, 0.3) is 5.91 Å². The zero-order valence-corrected chi connectivity index (χ0v) is 15.3. The predicted octanol–water partition coefficient (Wildman–Crippen LogP) is 4.69. The van der Waals surface area contributed by atoms with Crippen LogP contribution in [0.15, 0.2) is 77.5 Å². The average molecular weight is 369 g/mol. The largest absolute Gasteiger partial charge is 0.463 e. The Labute approximate surface area is 162 Å². The number of para-hydroxylation sites is 1. The van der Waals surface area contributed by atoms with Crippen molar-refractivity contribution in [3.05, 3.63) is 84.4 Å². The molecular weight excluding hydrogens is 350 g/mol. The molecule has 5 heteroatoms. The maximum Gasteiger partial charge on any atom is 0.255 e. The number of pyridine rings is 2. The van der Waals surface area contributed by atoms with Crippen molar-refractivity contribution in [1.29, 1.82) is 0 Å². The van der Waals surface area contributed by atoms with Crippen LogP contribution in [0.25, 0.3) is 22.4 Å². The molecule has 28 heavy (non-hydrogen) atoms. The molecule has 0 saturated heterocycles. The van der Waals surface area contributed by atoms with Crippen molar-refractivity contribution < 1.29 is 9.21 Å². The van der Waals surface area contributed by atoms with Gasteiger partial charge in [-0.05, 0) is 49.2 Å². The van der Waals surface area contributed by atoms with E-state index in [0.29, 0.717) is 23.6 Å². The minimum atomic E-state index is 0.0135. The fraction of sp³-hybridized carbons (Fsp3) is 0.174. The zero-order chi connectivity index (χ0) is 18.9. The van der Waals surface area contributed by atoms with Crippen LogP contribution in [0.3, 0.4) is 0 Å². The van der Waals surface area contributed by atoms with Gasteiger partial charge in [-0.3, -0.25) is 9.78 Å². The van der Waals surface area contributed by atoms with E-state index in [1.807, 2.05) is 65.6 Å². The van der Waals surface area contributed by atoms with Crippen LogP contribution in [-0.2, 0) is 6.54 Å². The van der Waals surface area contributed by atoms with Crippen LogP contribution in [0.2, 0.25) is 0 Å². The lowest BCUT2D eigenvalue weighted by atomic mass is 10.0. The molecule has 0 spiro atoms. The van der Waals surface area contributed by atoms with Gasteiger partial charge in [-0.15, -0.1) is 0 Å². The van der Waals surface area contributed by atoms with Gasteiger partial charge in [-0.25, -0.2) is 4.98 Å². The number of amides is 1. The Hall–Kier alpha value is -3.47. The SMILES string of the molecule is O=C(c1cc(-c2ccco2)nc2ccccc12)N(Cc1ccccn1)C1CC1. The molecule has 0 N–H and O–H groups in total. The van der Waals surface area contributed by atoms with E-state index in [1.165, 1.54) is 0 Å². The Morgan fingerprint density at radius 3 is 2.68 bits per heavy atom. The van der Waals surface area contributed by atoms with Crippen LogP contribution in [0.5, 0.6) is 0 Å². The number of benzene rings is 1. The lowest BCUT2D eigenvalue weighted by molar-refractivity contribution is 0.0729. The van der Waals surface area contributed by atoms with Crippen LogP contribution in [0.4, 0.5) is 0 Å². The molecule has 1 aromatic carbocycles. The third-order valence-corrected chi connectivity index (χ3v) is 5.03. The van der Waals surface area contributed by atoms with E-state index >= 15 is 0 Å². The summed E-state index contributed by atoms with van der Waals surface area (Å²) in [5.41, 5.74) is 3.00. The zero-order valence-electron chi connectivity index (χ0n) is 15.3. The van der Waals surface area contributed by atoms with Crippen LogP contribution in [0, 0.1) is 0 Å². The minimum absolute atomic E-state index is 0.0135. The number of aromatic nitrogens is 2. The second-order valence-electron chi connectivity index (χ2n) is 7.03. The van der Waals surface area contributed by atoms with Gasteiger partial charge in [0.15, 0.2) is 5.76 Å². The molecule has 3 heterocycles. The van der Waals surface area contributed by atoms with E-state index in [4.69, 9.17) is 4.42 Å².